The van der Waals surface area contributed by atoms with E-state index >= 15 is 0 Å². The van der Waals surface area contributed by atoms with Crippen LogP contribution in [0, 0.1) is 20.8 Å². The minimum absolute atomic E-state index is 0.0980. The van der Waals surface area contributed by atoms with Crippen LogP contribution in [0.1, 0.15) is 23.1 Å². The molecule has 0 saturated heterocycles. The van der Waals surface area contributed by atoms with Crippen molar-refractivity contribution in [2.75, 3.05) is 19.0 Å². The van der Waals surface area contributed by atoms with Crippen LogP contribution in [0.25, 0.3) is 0 Å². The van der Waals surface area contributed by atoms with Crippen molar-refractivity contribution in [2.24, 2.45) is 0 Å². The number of methoxy groups -OCH3 is 1. The summed E-state index contributed by atoms with van der Waals surface area (Å²) in [6, 6.07) is 11.7. The molecule has 0 fully saturated rings. The van der Waals surface area contributed by atoms with E-state index in [0.717, 1.165) is 22.4 Å². The molecular weight excluding hydrogens is 290 g/mol. The van der Waals surface area contributed by atoms with Gasteiger partial charge in [0, 0.05) is 0 Å². The van der Waals surface area contributed by atoms with Gasteiger partial charge in [-0.05, 0) is 55.7 Å². The highest BCUT2D eigenvalue weighted by atomic mass is 16.5. The topological polar surface area (TPSA) is 47.6 Å². The zero-order valence-electron chi connectivity index (χ0n) is 14.1. The van der Waals surface area contributed by atoms with Gasteiger partial charge in [-0.3, -0.25) is 4.79 Å². The Kier molecular flexibility index (Phi) is 5.63. The summed E-state index contributed by atoms with van der Waals surface area (Å²) in [7, 11) is 1.59. The van der Waals surface area contributed by atoms with Gasteiger partial charge in [0.2, 0.25) is 5.91 Å². The third kappa shape index (κ3) is 4.74. The second-order valence-corrected chi connectivity index (χ2v) is 5.62. The first kappa shape index (κ1) is 16.9. The van der Waals surface area contributed by atoms with E-state index in [0.29, 0.717) is 18.0 Å². The molecule has 2 aromatic carbocycles. The smallest absolute Gasteiger partial charge is 0.227 e. The number of benzene rings is 2. The minimum Gasteiger partial charge on any atom is -0.495 e. The molecule has 0 spiro atoms. The Morgan fingerprint density at radius 1 is 1.00 bits per heavy atom. The van der Waals surface area contributed by atoms with Crippen molar-refractivity contribution in [3.63, 3.8) is 0 Å². The first-order valence-corrected chi connectivity index (χ1v) is 7.64. The number of hydrogen-bond donors (Lipinski definition) is 1. The van der Waals surface area contributed by atoms with E-state index in [1.54, 1.807) is 7.11 Å². The van der Waals surface area contributed by atoms with E-state index in [9.17, 15) is 4.79 Å². The number of nitrogens with one attached hydrogen (secondary N) is 1. The fourth-order valence-electron chi connectivity index (χ4n) is 2.25. The highest BCUT2D eigenvalue weighted by Gasteiger charge is 2.08. The second kappa shape index (κ2) is 7.68. The van der Waals surface area contributed by atoms with Gasteiger partial charge >= 0.3 is 0 Å². The van der Waals surface area contributed by atoms with Gasteiger partial charge in [-0.25, -0.2) is 0 Å². The summed E-state index contributed by atoms with van der Waals surface area (Å²) < 4.78 is 11.0. The van der Waals surface area contributed by atoms with Crippen LogP contribution in [0.3, 0.4) is 0 Å². The van der Waals surface area contributed by atoms with E-state index < -0.39 is 0 Å². The van der Waals surface area contributed by atoms with E-state index in [2.05, 4.69) is 5.32 Å². The van der Waals surface area contributed by atoms with Gasteiger partial charge in [0.25, 0.3) is 0 Å². The maximum absolute atomic E-state index is 12.1. The molecule has 0 aliphatic carbocycles. The minimum atomic E-state index is -0.0980. The molecular formula is C19H23NO3. The Labute approximate surface area is 137 Å². The van der Waals surface area contributed by atoms with Gasteiger partial charge in [0.15, 0.2) is 0 Å². The molecule has 1 N–H and O–H groups in total. The fraction of sp³-hybridized carbons (Fsp3) is 0.316. The van der Waals surface area contributed by atoms with Gasteiger partial charge in [-0.1, -0.05) is 18.2 Å². The summed E-state index contributed by atoms with van der Waals surface area (Å²) >= 11 is 0. The van der Waals surface area contributed by atoms with Crippen molar-refractivity contribution < 1.29 is 14.3 Å². The molecule has 122 valence electrons. The van der Waals surface area contributed by atoms with Gasteiger partial charge < -0.3 is 14.8 Å². The zero-order valence-corrected chi connectivity index (χ0v) is 14.1. The number of rotatable bonds is 6. The average Bonchev–Trinajstić information content (AvgIpc) is 2.51. The van der Waals surface area contributed by atoms with Crippen molar-refractivity contribution in [1.82, 2.24) is 0 Å². The Morgan fingerprint density at radius 2 is 1.70 bits per heavy atom. The lowest BCUT2D eigenvalue weighted by atomic mass is 10.1. The van der Waals surface area contributed by atoms with Crippen molar-refractivity contribution in [3.8, 4) is 11.5 Å². The molecule has 0 radical (unpaired) electrons. The van der Waals surface area contributed by atoms with Crippen LogP contribution in [0.15, 0.2) is 36.4 Å². The quantitative estimate of drug-likeness (QED) is 0.876. The predicted octanol–water partition coefficient (Wildman–Crippen LogP) is 4.03. The molecule has 0 aromatic heterocycles. The fourth-order valence-corrected chi connectivity index (χ4v) is 2.25. The first-order valence-electron chi connectivity index (χ1n) is 7.64. The molecule has 4 nitrogen and oxygen atoms in total. The van der Waals surface area contributed by atoms with E-state index in [1.807, 2.05) is 57.2 Å². The molecule has 4 heteroatoms. The lowest BCUT2D eigenvalue weighted by Crippen LogP contribution is -2.16. The number of carbonyl (C=O) groups is 1. The van der Waals surface area contributed by atoms with Crippen LogP contribution >= 0.6 is 0 Å². The Hall–Kier alpha value is -2.49. The average molecular weight is 313 g/mol. The lowest BCUT2D eigenvalue weighted by Gasteiger charge is -2.12. The lowest BCUT2D eigenvalue weighted by molar-refractivity contribution is -0.116. The van der Waals surface area contributed by atoms with E-state index in [-0.39, 0.29) is 12.3 Å². The Bertz CT molecular complexity index is 695. The molecule has 1 amide bonds. The molecule has 0 atom stereocenters. The Balaban J connectivity index is 1.91. The highest BCUT2D eigenvalue weighted by molar-refractivity contribution is 5.92. The summed E-state index contributed by atoms with van der Waals surface area (Å²) in [6.45, 7) is 6.32. The molecule has 2 aromatic rings. The molecule has 0 saturated carbocycles. The van der Waals surface area contributed by atoms with Gasteiger partial charge in [-0.2, -0.15) is 0 Å². The molecule has 0 heterocycles. The summed E-state index contributed by atoms with van der Waals surface area (Å²) in [5.74, 6) is 1.38. The number of ether oxygens (including phenoxy) is 2. The zero-order chi connectivity index (χ0) is 16.8. The van der Waals surface area contributed by atoms with Crippen LogP contribution in [-0.2, 0) is 4.79 Å². The van der Waals surface area contributed by atoms with Crippen LogP contribution < -0.4 is 14.8 Å². The largest absolute Gasteiger partial charge is 0.495 e. The highest BCUT2D eigenvalue weighted by Crippen LogP contribution is 2.25. The first-order chi connectivity index (χ1) is 11.0. The summed E-state index contributed by atoms with van der Waals surface area (Å²) in [5, 5.41) is 2.87. The summed E-state index contributed by atoms with van der Waals surface area (Å²) in [4.78, 5) is 12.1. The van der Waals surface area contributed by atoms with E-state index in [4.69, 9.17) is 9.47 Å². The van der Waals surface area contributed by atoms with Crippen molar-refractivity contribution >= 4 is 11.6 Å². The molecule has 2 rings (SSSR count). The number of amides is 1. The van der Waals surface area contributed by atoms with Crippen LogP contribution in [0.2, 0.25) is 0 Å². The normalized spacial score (nSPS) is 10.3. The Morgan fingerprint density at radius 3 is 2.43 bits per heavy atom. The van der Waals surface area contributed by atoms with E-state index in [1.165, 1.54) is 0 Å². The summed E-state index contributed by atoms with van der Waals surface area (Å²) in [6.07, 6.45) is 0.282. The standard InChI is InChI=1S/C19H23NO3/c1-13-6-8-17(22-4)16(11-13)20-19(21)9-10-23-18-12-14(2)5-7-15(18)3/h5-8,11-12H,9-10H2,1-4H3,(H,20,21). The SMILES string of the molecule is COc1ccc(C)cc1NC(=O)CCOc1cc(C)ccc1C. The van der Waals surface area contributed by atoms with Gasteiger partial charge in [0.1, 0.15) is 11.5 Å². The van der Waals surface area contributed by atoms with Crippen molar-refractivity contribution in [3.05, 3.63) is 53.1 Å². The molecule has 0 bridgehead atoms. The van der Waals surface area contributed by atoms with Gasteiger partial charge in [0.05, 0.1) is 25.8 Å². The predicted molar refractivity (Wildman–Crippen MR) is 92.4 cm³/mol. The molecule has 0 aliphatic heterocycles. The second-order valence-electron chi connectivity index (χ2n) is 5.62. The van der Waals surface area contributed by atoms with Crippen LogP contribution in [-0.4, -0.2) is 19.6 Å². The number of carbonyl (C=O) groups excluding carboxylic acids is 1. The van der Waals surface area contributed by atoms with Gasteiger partial charge in [-0.15, -0.1) is 0 Å². The monoisotopic (exact) mass is 313 g/mol. The van der Waals surface area contributed by atoms with Crippen molar-refractivity contribution in [1.29, 1.82) is 0 Å². The maximum Gasteiger partial charge on any atom is 0.227 e. The number of anilines is 1. The van der Waals surface area contributed by atoms with Crippen LogP contribution in [0.4, 0.5) is 5.69 Å². The molecule has 0 unspecified atom stereocenters. The molecule has 23 heavy (non-hydrogen) atoms. The third-order valence-electron chi connectivity index (χ3n) is 3.56. The maximum atomic E-state index is 12.1. The van der Waals surface area contributed by atoms with Crippen molar-refractivity contribution in [2.45, 2.75) is 27.2 Å². The van der Waals surface area contributed by atoms with Crippen LogP contribution in [0.5, 0.6) is 11.5 Å². The number of aryl methyl sites for hydroxylation is 3. The summed E-state index contributed by atoms with van der Waals surface area (Å²) in [5.41, 5.74) is 3.95. The number of hydrogen-bond acceptors (Lipinski definition) is 3. The molecule has 0 aliphatic rings. The third-order valence-corrected chi connectivity index (χ3v) is 3.56.